The predicted molar refractivity (Wildman–Crippen MR) is 82.6 cm³/mol. The Hall–Kier alpha value is -0.490. The van der Waals surface area contributed by atoms with Gasteiger partial charge in [0.25, 0.3) is 0 Å². The molecule has 1 heterocycles. The first-order chi connectivity index (χ1) is 9.20. The van der Waals surface area contributed by atoms with E-state index in [-0.39, 0.29) is 0 Å². The highest BCUT2D eigenvalue weighted by Crippen LogP contribution is 2.33. The van der Waals surface area contributed by atoms with E-state index in [4.69, 9.17) is 23.2 Å². The van der Waals surface area contributed by atoms with Gasteiger partial charge in [-0.25, -0.2) is 0 Å². The molecule has 0 aliphatic heterocycles. The molecule has 1 N–H and O–H groups in total. The van der Waals surface area contributed by atoms with Crippen molar-refractivity contribution in [2.45, 2.75) is 29.0 Å². The molecule has 19 heavy (non-hydrogen) atoms. The molecule has 0 unspecified atom stereocenters. The molecule has 100 valence electrons. The van der Waals surface area contributed by atoms with Crippen molar-refractivity contribution in [3.8, 4) is 0 Å². The van der Waals surface area contributed by atoms with E-state index in [0.29, 0.717) is 16.1 Å². The van der Waals surface area contributed by atoms with Crippen molar-refractivity contribution < 1.29 is 0 Å². The third-order valence-corrected chi connectivity index (χ3v) is 5.30. The molecule has 0 radical (unpaired) electrons. The van der Waals surface area contributed by atoms with Crippen LogP contribution in [0.25, 0.3) is 0 Å². The molecule has 0 amide bonds. The lowest BCUT2D eigenvalue weighted by Crippen LogP contribution is -1.99. The number of benzene rings is 1. The van der Waals surface area contributed by atoms with Crippen LogP contribution < -0.4 is 5.32 Å². The molecule has 0 spiro atoms. The second kappa shape index (κ2) is 5.87. The molecule has 7 heteroatoms. The number of hydrogen-bond acceptors (Lipinski definition) is 5. The van der Waals surface area contributed by atoms with Crippen molar-refractivity contribution in [1.82, 2.24) is 10.2 Å². The molecule has 3 nitrogen and oxygen atoms in total. The highest BCUT2D eigenvalue weighted by Gasteiger charge is 2.22. The highest BCUT2D eigenvalue weighted by atomic mass is 35.5. The van der Waals surface area contributed by atoms with Crippen LogP contribution in [0.5, 0.6) is 0 Å². The van der Waals surface area contributed by atoms with Crippen molar-refractivity contribution in [2.24, 2.45) is 0 Å². The Bertz CT molecular complexity index is 584. The van der Waals surface area contributed by atoms with Gasteiger partial charge in [-0.2, -0.15) is 0 Å². The molecule has 1 aromatic heterocycles. The molecule has 1 aliphatic rings. The Labute approximate surface area is 129 Å². The molecule has 0 bridgehead atoms. The fourth-order valence-corrected chi connectivity index (χ4v) is 3.89. The van der Waals surface area contributed by atoms with Crippen LogP contribution in [0.2, 0.25) is 10.0 Å². The maximum atomic E-state index is 6.14. The summed E-state index contributed by atoms with van der Waals surface area (Å²) in [7, 11) is 0. The average molecular weight is 332 g/mol. The van der Waals surface area contributed by atoms with Gasteiger partial charge in [0.1, 0.15) is 0 Å². The number of thioether (sulfide) groups is 1. The lowest BCUT2D eigenvalue weighted by molar-refractivity contribution is 0.994. The Kier molecular flexibility index (Phi) is 4.17. The summed E-state index contributed by atoms with van der Waals surface area (Å²) in [6.07, 6.45) is 2.48. The smallest absolute Gasteiger partial charge is 0.206 e. The maximum absolute atomic E-state index is 6.14. The van der Waals surface area contributed by atoms with Crippen LogP contribution in [0, 0.1) is 0 Å². The summed E-state index contributed by atoms with van der Waals surface area (Å²) in [5.74, 6) is 0.772. The zero-order chi connectivity index (χ0) is 13.2. The molecule has 1 saturated carbocycles. The minimum atomic E-state index is 0.608. The van der Waals surface area contributed by atoms with E-state index in [2.05, 4.69) is 15.5 Å². The average Bonchev–Trinajstić information content (AvgIpc) is 3.06. The first-order valence-electron chi connectivity index (χ1n) is 5.87. The number of nitrogens with one attached hydrogen (secondary N) is 1. The molecule has 3 rings (SSSR count). The topological polar surface area (TPSA) is 37.8 Å². The third-order valence-electron chi connectivity index (χ3n) is 2.68. The Morgan fingerprint density at radius 1 is 1.32 bits per heavy atom. The van der Waals surface area contributed by atoms with E-state index in [0.717, 1.165) is 20.8 Å². The van der Waals surface area contributed by atoms with E-state index in [9.17, 15) is 0 Å². The standard InChI is InChI=1S/C12H11Cl2N3S2/c13-8-2-1-7(10(14)5-8)6-18-12-17-16-11(19-12)15-9-3-4-9/h1-2,5,9H,3-4,6H2,(H,15,16). The predicted octanol–water partition coefficient (Wildman–Crippen LogP) is 4.71. The molecule has 1 aliphatic carbocycles. The van der Waals surface area contributed by atoms with Gasteiger partial charge in [-0.05, 0) is 30.5 Å². The monoisotopic (exact) mass is 331 g/mol. The van der Waals surface area contributed by atoms with Gasteiger partial charge in [0.15, 0.2) is 4.34 Å². The first kappa shape index (κ1) is 13.5. The number of rotatable bonds is 5. The van der Waals surface area contributed by atoms with E-state index in [1.807, 2.05) is 12.1 Å². The van der Waals surface area contributed by atoms with Gasteiger partial charge in [-0.1, -0.05) is 52.4 Å². The normalized spacial score (nSPS) is 14.6. The number of halogens is 2. The van der Waals surface area contributed by atoms with Gasteiger partial charge < -0.3 is 5.32 Å². The van der Waals surface area contributed by atoms with Crippen molar-refractivity contribution >= 4 is 51.4 Å². The van der Waals surface area contributed by atoms with Gasteiger partial charge >= 0.3 is 0 Å². The van der Waals surface area contributed by atoms with Crippen LogP contribution in [-0.2, 0) is 5.75 Å². The largest absolute Gasteiger partial charge is 0.357 e. The van der Waals surface area contributed by atoms with E-state index in [1.165, 1.54) is 12.8 Å². The van der Waals surface area contributed by atoms with Gasteiger partial charge in [-0.15, -0.1) is 10.2 Å². The van der Waals surface area contributed by atoms with Crippen molar-refractivity contribution in [3.63, 3.8) is 0 Å². The van der Waals surface area contributed by atoms with Crippen LogP contribution in [0.15, 0.2) is 22.5 Å². The second-order valence-electron chi connectivity index (χ2n) is 4.32. The van der Waals surface area contributed by atoms with Crippen molar-refractivity contribution in [3.05, 3.63) is 33.8 Å². The molecule has 1 aromatic carbocycles. The van der Waals surface area contributed by atoms with Crippen LogP contribution in [-0.4, -0.2) is 16.2 Å². The zero-order valence-corrected chi connectivity index (χ0v) is 13.0. The molecule has 0 saturated heterocycles. The summed E-state index contributed by atoms with van der Waals surface area (Å²) < 4.78 is 0.953. The minimum absolute atomic E-state index is 0.608. The second-order valence-corrected chi connectivity index (χ2v) is 7.36. The summed E-state index contributed by atoms with van der Waals surface area (Å²) in [5, 5.41) is 13.9. The lowest BCUT2D eigenvalue weighted by Gasteiger charge is -2.02. The van der Waals surface area contributed by atoms with E-state index in [1.54, 1.807) is 29.2 Å². The highest BCUT2D eigenvalue weighted by molar-refractivity contribution is 8.00. The Morgan fingerprint density at radius 3 is 2.89 bits per heavy atom. The van der Waals surface area contributed by atoms with Gasteiger partial charge in [0.05, 0.1) is 0 Å². The molecule has 1 fully saturated rings. The number of anilines is 1. The maximum Gasteiger partial charge on any atom is 0.206 e. The number of hydrogen-bond donors (Lipinski definition) is 1. The van der Waals surface area contributed by atoms with Crippen LogP contribution in [0.4, 0.5) is 5.13 Å². The molecular formula is C12H11Cl2N3S2. The molecule has 2 aromatic rings. The van der Waals surface area contributed by atoms with Gasteiger partial charge in [-0.3, -0.25) is 0 Å². The van der Waals surface area contributed by atoms with Crippen molar-refractivity contribution in [1.29, 1.82) is 0 Å². The summed E-state index contributed by atoms with van der Waals surface area (Å²) in [4.78, 5) is 0. The summed E-state index contributed by atoms with van der Waals surface area (Å²) in [6.45, 7) is 0. The summed E-state index contributed by atoms with van der Waals surface area (Å²) >= 11 is 15.2. The van der Waals surface area contributed by atoms with E-state index < -0.39 is 0 Å². The fraction of sp³-hybridized carbons (Fsp3) is 0.333. The van der Waals surface area contributed by atoms with Gasteiger partial charge in [0, 0.05) is 21.8 Å². The summed E-state index contributed by atoms with van der Waals surface area (Å²) in [5.41, 5.74) is 1.06. The van der Waals surface area contributed by atoms with E-state index >= 15 is 0 Å². The number of aromatic nitrogens is 2. The lowest BCUT2D eigenvalue weighted by atomic mass is 10.2. The van der Waals surface area contributed by atoms with Crippen LogP contribution in [0.3, 0.4) is 0 Å². The summed E-state index contributed by atoms with van der Waals surface area (Å²) in [6, 6.07) is 6.17. The van der Waals surface area contributed by atoms with Crippen LogP contribution in [0.1, 0.15) is 18.4 Å². The van der Waals surface area contributed by atoms with Gasteiger partial charge in [0.2, 0.25) is 5.13 Å². The fourth-order valence-electron chi connectivity index (χ4n) is 1.51. The number of nitrogens with zero attached hydrogens (tertiary/aromatic N) is 2. The van der Waals surface area contributed by atoms with Crippen molar-refractivity contribution in [2.75, 3.05) is 5.32 Å². The minimum Gasteiger partial charge on any atom is -0.357 e. The Balaban J connectivity index is 1.60. The first-order valence-corrected chi connectivity index (χ1v) is 8.43. The zero-order valence-electron chi connectivity index (χ0n) is 9.90. The Morgan fingerprint density at radius 2 is 2.16 bits per heavy atom. The quantitative estimate of drug-likeness (QED) is 0.805. The molecule has 0 atom stereocenters. The van der Waals surface area contributed by atoms with Crippen LogP contribution >= 0.6 is 46.3 Å². The third kappa shape index (κ3) is 3.75. The molecular weight excluding hydrogens is 321 g/mol. The SMILES string of the molecule is Clc1ccc(CSc2nnc(NC3CC3)s2)c(Cl)c1.